The van der Waals surface area contributed by atoms with Gasteiger partial charge in [-0.1, -0.05) is 0 Å². The molecule has 1 unspecified atom stereocenters. The molecule has 0 aromatic carbocycles. The number of aliphatic hydroxyl groups excluding tert-OH is 1. The summed E-state index contributed by atoms with van der Waals surface area (Å²) in [6.45, 7) is 1.53. The maximum Gasteiger partial charge on any atom is 0.394 e. The molecule has 0 aromatic heterocycles. The van der Waals surface area contributed by atoms with Crippen LogP contribution in [0.2, 0.25) is 0 Å². The van der Waals surface area contributed by atoms with Crippen LogP contribution >= 0.6 is 0 Å². The van der Waals surface area contributed by atoms with Crippen LogP contribution in [-0.4, -0.2) is 23.0 Å². The molecular weight excluding hydrogens is 183 g/mol. The Labute approximate surface area is 74.1 Å². The minimum atomic E-state index is -4.06. The number of alkyl halides is 3. The van der Waals surface area contributed by atoms with E-state index in [-0.39, 0.29) is 19.3 Å². The molecule has 76 valence electrons. The molecule has 3 fully saturated rings. The van der Waals surface area contributed by atoms with Crippen LogP contribution in [0.15, 0.2) is 0 Å². The zero-order valence-electron chi connectivity index (χ0n) is 7.28. The number of aliphatic hydroxyl groups is 1. The van der Waals surface area contributed by atoms with Gasteiger partial charge in [-0.3, -0.25) is 5.32 Å². The molecule has 1 atom stereocenters. The first-order valence-electron chi connectivity index (χ1n) is 4.31. The van der Waals surface area contributed by atoms with E-state index >= 15 is 0 Å². The molecule has 2 nitrogen and oxygen atoms in total. The Kier molecular flexibility index (Phi) is 1.57. The van der Waals surface area contributed by atoms with Crippen molar-refractivity contribution in [3.8, 4) is 0 Å². The first kappa shape index (κ1) is 9.27. The van der Waals surface area contributed by atoms with Crippen LogP contribution in [0.5, 0.6) is 0 Å². The second-order valence-corrected chi connectivity index (χ2v) is 4.41. The molecular formula is C8H12F3NO. The van der Waals surface area contributed by atoms with Crippen molar-refractivity contribution in [1.82, 2.24) is 5.32 Å². The van der Waals surface area contributed by atoms with Gasteiger partial charge in [-0.25, -0.2) is 0 Å². The van der Waals surface area contributed by atoms with E-state index in [0.717, 1.165) is 0 Å². The fraction of sp³-hybridized carbons (Fsp3) is 1.00. The van der Waals surface area contributed by atoms with Crippen molar-refractivity contribution in [3.63, 3.8) is 0 Å². The third-order valence-electron chi connectivity index (χ3n) is 3.15. The van der Waals surface area contributed by atoms with E-state index in [0.29, 0.717) is 0 Å². The molecule has 0 aromatic rings. The lowest BCUT2D eigenvalue weighted by molar-refractivity contribution is -0.342. The van der Waals surface area contributed by atoms with Crippen LogP contribution in [0.1, 0.15) is 26.2 Å². The van der Waals surface area contributed by atoms with Gasteiger partial charge in [0.05, 0.1) is 5.41 Å². The van der Waals surface area contributed by atoms with Crippen LogP contribution in [0.4, 0.5) is 13.2 Å². The zero-order valence-corrected chi connectivity index (χ0v) is 7.28. The monoisotopic (exact) mass is 195 g/mol. The summed E-state index contributed by atoms with van der Waals surface area (Å²) in [7, 11) is 0. The third-order valence-corrected chi connectivity index (χ3v) is 3.15. The molecule has 3 rings (SSSR count). The van der Waals surface area contributed by atoms with Gasteiger partial charge in [0.15, 0.2) is 0 Å². The Balaban J connectivity index is 1.93. The number of hydrogen-bond donors (Lipinski definition) is 2. The normalized spacial score (nSPS) is 45.0. The largest absolute Gasteiger partial charge is 0.394 e. The molecule has 0 radical (unpaired) electrons. The molecule has 3 saturated carbocycles. The Morgan fingerprint density at radius 2 is 1.77 bits per heavy atom. The number of rotatable bonds is 2. The van der Waals surface area contributed by atoms with Crippen molar-refractivity contribution < 1.29 is 18.3 Å². The van der Waals surface area contributed by atoms with Gasteiger partial charge in [-0.15, -0.1) is 0 Å². The number of nitrogens with one attached hydrogen (secondary N) is 1. The van der Waals surface area contributed by atoms with E-state index in [9.17, 15) is 13.2 Å². The lowest BCUT2D eigenvalue weighted by atomic mass is 9.39. The molecule has 3 aliphatic rings. The van der Waals surface area contributed by atoms with E-state index in [1.807, 2.05) is 0 Å². The average molecular weight is 195 g/mol. The molecule has 0 amide bonds. The molecule has 5 heteroatoms. The van der Waals surface area contributed by atoms with Gasteiger partial charge in [-0.05, 0) is 26.2 Å². The van der Waals surface area contributed by atoms with Gasteiger partial charge in [0.25, 0.3) is 0 Å². The van der Waals surface area contributed by atoms with Gasteiger partial charge in [0.2, 0.25) is 0 Å². The SMILES string of the molecule is CC(O)NC12CC(C(F)(F)F)(C1)C2. The van der Waals surface area contributed by atoms with Gasteiger partial charge in [0, 0.05) is 5.54 Å². The highest BCUT2D eigenvalue weighted by Gasteiger charge is 2.78. The standard InChI is InChI=1S/C8H12F3NO/c1-5(13)12-7-2-6(3-7,4-7)8(9,10)11/h5,12-13H,2-4H2,1H3. The minimum Gasteiger partial charge on any atom is -0.379 e. The van der Waals surface area contributed by atoms with Crippen molar-refractivity contribution in [2.45, 2.75) is 44.1 Å². The smallest absolute Gasteiger partial charge is 0.379 e. The van der Waals surface area contributed by atoms with Crippen LogP contribution in [0.3, 0.4) is 0 Å². The molecule has 0 saturated heterocycles. The maximum absolute atomic E-state index is 12.3. The quantitative estimate of drug-likeness (QED) is 0.653. The first-order valence-corrected chi connectivity index (χ1v) is 4.31. The van der Waals surface area contributed by atoms with Crippen molar-refractivity contribution in [2.24, 2.45) is 5.41 Å². The summed E-state index contributed by atoms with van der Waals surface area (Å²) in [4.78, 5) is 0. The fourth-order valence-corrected chi connectivity index (χ4v) is 2.68. The van der Waals surface area contributed by atoms with E-state index in [2.05, 4.69) is 5.32 Å². The lowest BCUT2D eigenvalue weighted by Crippen LogP contribution is -2.79. The van der Waals surface area contributed by atoms with Gasteiger partial charge >= 0.3 is 6.18 Å². The predicted molar refractivity (Wildman–Crippen MR) is 39.9 cm³/mol. The highest BCUT2D eigenvalue weighted by molar-refractivity contribution is 5.25. The zero-order chi connectivity index (χ0) is 9.91. The molecule has 2 bridgehead atoms. The number of hydrogen-bond acceptors (Lipinski definition) is 2. The van der Waals surface area contributed by atoms with E-state index in [1.165, 1.54) is 6.92 Å². The topological polar surface area (TPSA) is 32.3 Å². The Morgan fingerprint density at radius 1 is 1.31 bits per heavy atom. The Hall–Kier alpha value is -0.290. The van der Waals surface area contributed by atoms with Crippen molar-refractivity contribution in [3.05, 3.63) is 0 Å². The first-order chi connectivity index (χ1) is 5.79. The lowest BCUT2D eigenvalue weighted by Gasteiger charge is -2.71. The summed E-state index contributed by atoms with van der Waals surface area (Å²) in [5, 5.41) is 11.7. The summed E-state index contributed by atoms with van der Waals surface area (Å²) in [6.07, 6.45) is -4.38. The van der Waals surface area contributed by atoms with Crippen LogP contribution in [0.25, 0.3) is 0 Å². The van der Waals surface area contributed by atoms with Crippen molar-refractivity contribution in [1.29, 1.82) is 0 Å². The molecule has 2 N–H and O–H groups in total. The molecule has 0 spiro atoms. The van der Waals surface area contributed by atoms with Crippen molar-refractivity contribution >= 4 is 0 Å². The molecule has 0 heterocycles. The average Bonchev–Trinajstić information content (AvgIpc) is 1.70. The minimum absolute atomic E-state index is 0.133. The second kappa shape index (κ2) is 2.20. The fourth-order valence-electron chi connectivity index (χ4n) is 2.68. The maximum atomic E-state index is 12.3. The summed E-state index contributed by atoms with van der Waals surface area (Å²) in [6, 6.07) is 0. The van der Waals surface area contributed by atoms with E-state index in [1.54, 1.807) is 0 Å². The summed E-state index contributed by atoms with van der Waals surface area (Å²) in [5.41, 5.74) is -1.83. The summed E-state index contributed by atoms with van der Waals surface area (Å²) >= 11 is 0. The van der Waals surface area contributed by atoms with E-state index in [4.69, 9.17) is 5.11 Å². The van der Waals surface area contributed by atoms with E-state index < -0.39 is 23.4 Å². The van der Waals surface area contributed by atoms with Gasteiger partial charge in [0.1, 0.15) is 6.23 Å². The third kappa shape index (κ3) is 1.10. The Morgan fingerprint density at radius 3 is 2.08 bits per heavy atom. The van der Waals surface area contributed by atoms with Crippen LogP contribution in [0, 0.1) is 5.41 Å². The van der Waals surface area contributed by atoms with Crippen molar-refractivity contribution in [2.75, 3.05) is 0 Å². The molecule has 0 aliphatic heterocycles. The highest BCUT2D eigenvalue weighted by Crippen LogP contribution is 2.73. The highest BCUT2D eigenvalue weighted by atomic mass is 19.4. The summed E-state index contributed by atoms with van der Waals surface area (Å²) < 4.78 is 37.0. The molecule has 13 heavy (non-hydrogen) atoms. The second-order valence-electron chi connectivity index (χ2n) is 4.41. The van der Waals surface area contributed by atoms with Gasteiger partial charge in [-0.2, -0.15) is 13.2 Å². The van der Waals surface area contributed by atoms with Crippen LogP contribution < -0.4 is 5.32 Å². The molecule has 3 aliphatic carbocycles. The summed E-state index contributed by atoms with van der Waals surface area (Å²) in [5.74, 6) is 0. The van der Waals surface area contributed by atoms with Gasteiger partial charge < -0.3 is 5.11 Å². The van der Waals surface area contributed by atoms with Crippen LogP contribution in [-0.2, 0) is 0 Å². The number of halogens is 3. The Bertz CT molecular complexity index is 216. The predicted octanol–water partition coefficient (Wildman–Crippen LogP) is 1.40.